The van der Waals surface area contributed by atoms with Crippen molar-refractivity contribution < 1.29 is 9.59 Å². The average Bonchev–Trinajstić information content (AvgIpc) is 2.72. The summed E-state index contributed by atoms with van der Waals surface area (Å²) in [7, 11) is 0. The summed E-state index contributed by atoms with van der Waals surface area (Å²) in [5, 5.41) is 3.80. The Morgan fingerprint density at radius 3 is 2.04 bits per heavy atom. The lowest BCUT2D eigenvalue weighted by molar-refractivity contribution is -0.120. The second-order valence-corrected chi connectivity index (χ2v) is 7.35. The fourth-order valence-electron chi connectivity index (χ4n) is 3.16. The number of hydrogen-bond donors (Lipinski definition) is 1. The molecule has 7 heteroatoms. The lowest BCUT2D eigenvalue weighted by atomic mass is 10.1. The molecule has 0 atom stereocenters. The predicted molar refractivity (Wildman–Crippen MR) is 96.5 cm³/mol. The van der Waals surface area contributed by atoms with Gasteiger partial charge in [0, 0.05) is 16.1 Å². The Kier molecular flexibility index (Phi) is 5.38. The topological polar surface area (TPSA) is 49.4 Å². The number of imide groups is 1. The Bertz CT molecular complexity index is 690. The molecule has 24 heavy (non-hydrogen) atoms. The minimum Gasteiger partial charge on any atom is -0.376 e. The number of nitrogens with zero attached hydrogens (tertiary/aromatic N) is 1. The van der Waals surface area contributed by atoms with Crippen LogP contribution < -0.4 is 10.2 Å². The fourth-order valence-corrected chi connectivity index (χ4v) is 3.89. The van der Waals surface area contributed by atoms with Gasteiger partial charge in [-0.15, -0.1) is 0 Å². The lowest BCUT2D eigenvalue weighted by Crippen LogP contribution is -2.36. The zero-order valence-corrected chi connectivity index (χ0v) is 15.2. The maximum absolute atomic E-state index is 12.7. The van der Waals surface area contributed by atoms with Crippen molar-refractivity contribution in [2.45, 2.75) is 44.6 Å². The molecule has 1 heterocycles. The lowest BCUT2D eigenvalue weighted by Gasteiger charge is -2.19. The van der Waals surface area contributed by atoms with E-state index in [1.54, 1.807) is 0 Å². The Morgan fingerprint density at radius 2 is 1.46 bits per heavy atom. The van der Waals surface area contributed by atoms with E-state index in [4.69, 9.17) is 34.8 Å². The Morgan fingerprint density at radius 1 is 0.875 bits per heavy atom. The molecular formula is C17H17Cl3N2O2. The van der Waals surface area contributed by atoms with Crippen LogP contribution in [0.1, 0.15) is 38.5 Å². The van der Waals surface area contributed by atoms with E-state index < -0.39 is 11.8 Å². The summed E-state index contributed by atoms with van der Waals surface area (Å²) in [4.78, 5) is 26.2. The normalized spacial score (nSPS) is 19.9. The van der Waals surface area contributed by atoms with Crippen LogP contribution in [-0.4, -0.2) is 17.9 Å². The highest BCUT2D eigenvalue weighted by Gasteiger charge is 2.39. The first-order chi connectivity index (χ1) is 11.5. The van der Waals surface area contributed by atoms with Gasteiger partial charge in [-0.2, -0.15) is 0 Å². The summed E-state index contributed by atoms with van der Waals surface area (Å²) < 4.78 is 0. The minimum atomic E-state index is -0.559. The molecule has 128 valence electrons. The van der Waals surface area contributed by atoms with E-state index in [2.05, 4.69) is 5.32 Å². The molecule has 2 aliphatic rings. The predicted octanol–water partition coefficient (Wildman–Crippen LogP) is 4.63. The van der Waals surface area contributed by atoms with Crippen LogP contribution in [0.4, 0.5) is 5.69 Å². The molecule has 4 nitrogen and oxygen atoms in total. The van der Waals surface area contributed by atoms with Crippen LogP contribution in [0.2, 0.25) is 10.0 Å². The third-order valence-electron chi connectivity index (χ3n) is 4.34. The van der Waals surface area contributed by atoms with Crippen molar-refractivity contribution in [1.82, 2.24) is 5.32 Å². The van der Waals surface area contributed by atoms with E-state index in [1.165, 1.54) is 31.0 Å². The summed E-state index contributed by atoms with van der Waals surface area (Å²) in [6, 6.07) is 4.73. The van der Waals surface area contributed by atoms with Gasteiger partial charge in [0.15, 0.2) is 0 Å². The summed E-state index contributed by atoms with van der Waals surface area (Å²) >= 11 is 18.1. The monoisotopic (exact) mass is 386 g/mol. The molecule has 0 unspecified atom stereocenters. The molecule has 0 aromatic heterocycles. The maximum atomic E-state index is 12.7. The van der Waals surface area contributed by atoms with Gasteiger partial charge in [-0.25, -0.2) is 4.90 Å². The number of carbonyl (C=O) groups excluding carboxylic acids is 2. The number of carbonyl (C=O) groups is 2. The average molecular weight is 388 g/mol. The largest absolute Gasteiger partial charge is 0.376 e. The van der Waals surface area contributed by atoms with E-state index in [9.17, 15) is 9.59 Å². The Balaban J connectivity index is 1.84. The van der Waals surface area contributed by atoms with Crippen molar-refractivity contribution in [2.75, 3.05) is 4.90 Å². The molecule has 0 saturated heterocycles. The number of hydrogen-bond acceptors (Lipinski definition) is 3. The van der Waals surface area contributed by atoms with E-state index in [1.807, 2.05) is 0 Å². The van der Waals surface area contributed by atoms with Gasteiger partial charge in [-0.05, 0) is 31.0 Å². The van der Waals surface area contributed by atoms with Gasteiger partial charge in [0.1, 0.15) is 10.7 Å². The third-order valence-corrected chi connectivity index (χ3v) is 5.12. The molecule has 3 rings (SSSR count). The molecule has 0 bridgehead atoms. The standard InChI is InChI=1S/C17H17Cl3N2O2/c18-10-7-11(19)9-13(8-10)22-16(23)14(20)15(17(22)24)21-12-5-3-1-2-4-6-12/h7-9,12,21H,1-6H2. The molecule has 1 aromatic carbocycles. The SMILES string of the molecule is O=C1C(Cl)=C(NC2CCCCCC2)C(=O)N1c1cc(Cl)cc(Cl)c1. The van der Waals surface area contributed by atoms with Crippen LogP contribution in [0.5, 0.6) is 0 Å². The van der Waals surface area contributed by atoms with Crippen molar-refractivity contribution in [2.24, 2.45) is 0 Å². The molecule has 1 fully saturated rings. The number of halogens is 3. The first-order valence-corrected chi connectivity index (χ1v) is 9.12. The molecular weight excluding hydrogens is 371 g/mol. The van der Waals surface area contributed by atoms with E-state index in [0.717, 1.165) is 30.6 Å². The highest BCUT2D eigenvalue weighted by Crippen LogP contribution is 2.32. The molecule has 0 spiro atoms. The van der Waals surface area contributed by atoms with Gasteiger partial charge in [-0.1, -0.05) is 60.5 Å². The fraction of sp³-hybridized carbons (Fsp3) is 0.412. The highest BCUT2D eigenvalue weighted by atomic mass is 35.5. The molecule has 1 aromatic rings. The third kappa shape index (κ3) is 3.56. The summed E-state index contributed by atoms with van der Waals surface area (Å²) in [5.74, 6) is -1.02. The smallest absolute Gasteiger partial charge is 0.283 e. The molecule has 1 N–H and O–H groups in total. The van der Waals surface area contributed by atoms with Crippen molar-refractivity contribution >= 4 is 52.3 Å². The van der Waals surface area contributed by atoms with Gasteiger partial charge in [-0.3, -0.25) is 9.59 Å². The van der Waals surface area contributed by atoms with Crippen LogP contribution in [0.25, 0.3) is 0 Å². The van der Waals surface area contributed by atoms with Crippen LogP contribution in [-0.2, 0) is 9.59 Å². The molecule has 2 amide bonds. The molecule has 1 aliphatic carbocycles. The highest BCUT2D eigenvalue weighted by molar-refractivity contribution is 6.52. The van der Waals surface area contributed by atoms with E-state index in [0.29, 0.717) is 15.7 Å². The van der Waals surface area contributed by atoms with Crippen molar-refractivity contribution in [3.8, 4) is 0 Å². The van der Waals surface area contributed by atoms with Crippen LogP contribution in [0.3, 0.4) is 0 Å². The van der Waals surface area contributed by atoms with Crippen LogP contribution >= 0.6 is 34.8 Å². The maximum Gasteiger partial charge on any atom is 0.283 e. The Labute approximate surface area is 155 Å². The molecule has 0 radical (unpaired) electrons. The molecule has 1 aliphatic heterocycles. The first kappa shape index (κ1) is 17.6. The van der Waals surface area contributed by atoms with E-state index in [-0.39, 0.29) is 16.8 Å². The number of anilines is 1. The van der Waals surface area contributed by atoms with Crippen molar-refractivity contribution in [1.29, 1.82) is 0 Å². The summed E-state index contributed by atoms with van der Waals surface area (Å²) in [6.45, 7) is 0. The van der Waals surface area contributed by atoms with Crippen molar-refractivity contribution in [3.05, 3.63) is 39.0 Å². The number of rotatable bonds is 3. The number of benzene rings is 1. The first-order valence-electron chi connectivity index (χ1n) is 7.98. The van der Waals surface area contributed by atoms with Gasteiger partial charge < -0.3 is 5.32 Å². The van der Waals surface area contributed by atoms with Gasteiger partial charge in [0.25, 0.3) is 11.8 Å². The quantitative estimate of drug-likeness (QED) is 0.607. The zero-order chi connectivity index (χ0) is 17.3. The van der Waals surface area contributed by atoms with Crippen LogP contribution in [0, 0.1) is 0 Å². The summed E-state index contributed by atoms with van der Waals surface area (Å²) in [6.07, 6.45) is 6.56. The van der Waals surface area contributed by atoms with Crippen LogP contribution in [0.15, 0.2) is 28.9 Å². The van der Waals surface area contributed by atoms with Crippen molar-refractivity contribution in [3.63, 3.8) is 0 Å². The second-order valence-electron chi connectivity index (χ2n) is 6.10. The number of amides is 2. The Hall–Kier alpha value is -1.23. The minimum absolute atomic E-state index is 0.0830. The zero-order valence-electron chi connectivity index (χ0n) is 12.9. The second kappa shape index (κ2) is 7.34. The van der Waals surface area contributed by atoms with Gasteiger partial charge >= 0.3 is 0 Å². The van der Waals surface area contributed by atoms with E-state index >= 15 is 0 Å². The number of nitrogens with one attached hydrogen (secondary N) is 1. The van der Waals surface area contributed by atoms with Gasteiger partial charge in [0.05, 0.1) is 5.69 Å². The molecule has 1 saturated carbocycles. The van der Waals surface area contributed by atoms with Gasteiger partial charge in [0.2, 0.25) is 0 Å². The summed E-state index contributed by atoms with van der Waals surface area (Å²) in [5.41, 5.74) is 0.489.